The van der Waals surface area contributed by atoms with Crippen LogP contribution in [0.3, 0.4) is 0 Å². The van der Waals surface area contributed by atoms with Crippen LogP contribution < -0.4 is 11.1 Å². The molecule has 5 nitrogen and oxygen atoms in total. The van der Waals surface area contributed by atoms with Crippen molar-refractivity contribution in [3.05, 3.63) is 59.2 Å². The van der Waals surface area contributed by atoms with Gasteiger partial charge in [-0.25, -0.2) is 0 Å². The molecule has 0 bridgehead atoms. The highest BCUT2D eigenvalue weighted by Crippen LogP contribution is 2.39. The van der Waals surface area contributed by atoms with Crippen LogP contribution in [0, 0.1) is 17.2 Å². The number of thioether (sulfide) groups is 1. The van der Waals surface area contributed by atoms with Crippen molar-refractivity contribution in [3.8, 4) is 6.07 Å². The van der Waals surface area contributed by atoms with Gasteiger partial charge in [-0.1, -0.05) is 36.4 Å². The molecule has 2 rings (SSSR count). The number of nitriles is 1. The zero-order chi connectivity index (χ0) is 16.1. The first-order chi connectivity index (χ1) is 10.6. The minimum atomic E-state index is -0.988. The van der Waals surface area contributed by atoms with Crippen LogP contribution in [0.25, 0.3) is 0 Å². The number of primary amides is 1. The van der Waals surface area contributed by atoms with Crippen LogP contribution in [0.2, 0.25) is 0 Å². The lowest BCUT2D eigenvalue weighted by Crippen LogP contribution is -2.42. The van der Waals surface area contributed by atoms with Gasteiger partial charge in [0, 0.05) is 11.7 Å². The Bertz CT molecular complexity index is 676. The van der Waals surface area contributed by atoms with E-state index in [2.05, 4.69) is 11.9 Å². The molecule has 1 aliphatic heterocycles. The smallest absolute Gasteiger partial charge is 0.247 e. The predicted molar refractivity (Wildman–Crippen MR) is 85.3 cm³/mol. The van der Waals surface area contributed by atoms with Crippen LogP contribution >= 0.6 is 11.8 Å². The van der Waals surface area contributed by atoms with Crippen molar-refractivity contribution >= 4 is 23.6 Å². The Kier molecular flexibility index (Phi) is 5.02. The van der Waals surface area contributed by atoms with Gasteiger partial charge in [0.2, 0.25) is 11.8 Å². The van der Waals surface area contributed by atoms with Crippen LogP contribution in [0.15, 0.2) is 53.6 Å². The van der Waals surface area contributed by atoms with E-state index in [4.69, 9.17) is 5.73 Å². The average Bonchev–Trinajstić information content (AvgIpc) is 2.52. The Morgan fingerprint density at radius 2 is 2.14 bits per heavy atom. The minimum Gasteiger partial charge on any atom is -0.366 e. The largest absolute Gasteiger partial charge is 0.366 e. The molecule has 112 valence electrons. The number of hydrogen-bond donors (Lipinski definition) is 2. The molecule has 0 fully saturated rings. The Labute approximate surface area is 132 Å². The summed E-state index contributed by atoms with van der Waals surface area (Å²) in [6.45, 7) is 3.62. The zero-order valence-corrected chi connectivity index (χ0v) is 12.6. The molecule has 2 amide bonds. The number of nitrogens with zero attached hydrogens (tertiary/aromatic N) is 1. The molecule has 1 heterocycles. The topological polar surface area (TPSA) is 96.0 Å². The third kappa shape index (κ3) is 3.05. The summed E-state index contributed by atoms with van der Waals surface area (Å²) >= 11 is 1.27. The number of amides is 2. The first kappa shape index (κ1) is 15.9. The van der Waals surface area contributed by atoms with Crippen molar-refractivity contribution < 1.29 is 9.59 Å². The molecule has 0 aromatic heterocycles. The minimum absolute atomic E-state index is 0.268. The molecular weight excluding hydrogens is 298 g/mol. The van der Waals surface area contributed by atoms with E-state index in [1.54, 1.807) is 30.3 Å². The molecule has 0 saturated carbocycles. The van der Waals surface area contributed by atoms with Gasteiger partial charge in [0.1, 0.15) is 5.92 Å². The van der Waals surface area contributed by atoms with E-state index >= 15 is 0 Å². The number of benzene rings is 1. The van der Waals surface area contributed by atoms with Crippen molar-refractivity contribution in [3.63, 3.8) is 0 Å². The molecule has 6 heteroatoms. The summed E-state index contributed by atoms with van der Waals surface area (Å²) in [4.78, 5) is 24.1. The second-order valence-electron chi connectivity index (χ2n) is 4.69. The molecular formula is C16H15N3O2S. The first-order valence-corrected chi connectivity index (χ1v) is 7.61. The van der Waals surface area contributed by atoms with Crippen LogP contribution in [-0.2, 0) is 9.59 Å². The van der Waals surface area contributed by atoms with Gasteiger partial charge in [-0.05, 0) is 5.56 Å². The summed E-state index contributed by atoms with van der Waals surface area (Å²) in [6, 6.07) is 11.0. The number of rotatable bonds is 5. The lowest BCUT2D eigenvalue weighted by Gasteiger charge is -2.30. The number of hydrogen-bond acceptors (Lipinski definition) is 4. The fraction of sp³-hybridized carbons (Fsp3) is 0.188. The van der Waals surface area contributed by atoms with Crippen LogP contribution in [0.5, 0.6) is 0 Å². The summed E-state index contributed by atoms with van der Waals surface area (Å²) < 4.78 is 0. The molecule has 0 spiro atoms. The fourth-order valence-electron chi connectivity index (χ4n) is 2.39. The van der Waals surface area contributed by atoms with E-state index in [1.165, 1.54) is 11.8 Å². The third-order valence-electron chi connectivity index (χ3n) is 3.32. The quantitative estimate of drug-likeness (QED) is 0.808. The summed E-state index contributed by atoms with van der Waals surface area (Å²) in [7, 11) is 0. The number of carbonyl (C=O) groups excluding carboxylic acids is 2. The van der Waals surface area contributed by atoms with Gasteiger partial charge in [0.25, 0.3) is 0 Å². The van der Waals surface area contributed by atoms with E-state index in [-0.39, 0.29) is 5.57 Å². The Hall–Kier alpha value is -2.52. The monoisotopic (exact) mass is 313 g/mol. The lowest BCUT2D eigenvalue weighted by atomic mass is 9.78. The molecule has 22 heavy (non-hydrogen) atoms. The molecule has 0 unspecified atom stereocenters. The summed E-state index contributed by atoms with van der Waals surface area (Å²) in [5.41, 5.74) is 6.51. The third-order valence-corrected chi connectivity index (χ3v) is 4.33. The van der Waals surface area contributed by atoms with E-state index in [0.29, 0.717) is 10.8 Å². The van der Waals surface area contributed by atoms with Gasteiger partial charge in [0.15, 0.2) is 0 Å². The van der Waals surface area contributed by atoms with Crippen molar-refractivity contribution in [2.75, 3.05) is 5.75 Å². The summed E-state index contributed by atoms with van der Waals surface area (Å²) in [5.74, 6) is -2.19. The summed E-state index contributed by atoms with van der Waals surface area (Å²) in [6.07, 6.45) is 1.66. The van der Waals surface area contributed by atoms with E-state index in [9.17, 15) is 14.9 Å². The van der Waals surface area contributed by atoms with E-state index < -0.39 is 23.7 Å². The molecule has 1 aromatic rings. The van der Waals surface area contributed by atoms with Gasteiger partial charge in [-0.15, -0.1) is 18.3 Å². The van der Waals surface area contributed by atoms with E-state index in [0.717, 1.165) is 5.56 Å². The predicted octanol–water partition coefficient (Wildman–Crippen LogP) is 1.66. The van der Waals surface area contributed by atoms with Crippen molar-refractivity contribution in [1.82, 2.24) is 5.32 Å². The highest BCUT2D eigenvalue weighted by atomic mass is 32.2. The molecule has 0 saturated heterocycles. The first-order valence-electron chi connectivity index (χ1n) is 6.63. The van der Waals surface area contributed by atoms with Crippen LogP contribution in [-0.4, -0.2) is 17.6 Å². The summed E-state index contributed by atoms with van der Waals surface area (Å²) in [5, 5.41) is 12.4. The van der Waals surface area contributed by atoms with Crippen LogP contribution in [0.4, 0.5) is 0 Å². The Balaban J connectivity index is 2.60. The SMILES string of the molecule is C=CCSC1=C(C(N)=O)[C@@H](c2ccccc2)[C@@H](C#N)C(=O)N1. The normalized spacial score (nSPS) is 21.0. The standard InChI is InChI=1S/C16H15N3O2S/c1-2-8-22-16-13(14(18)20)12(10-6-4-3-5-7-10)11(9-17)15(21)19-16/h2-7,11-12H,1,8H2,(H2,18,20)(H,19,21)/t11-,12+/m1/s1. The maximum Gasteiger partial charge on any atom is 0.247 e. The second-order valence-corrected chi connectivity index (χ2v) is 5.72. The zero-order valence-electron chi connectivity index (χ0n) is 11.8. The molecule has 0 radical (unpaired) electrons. The number of nitrogens with one attached hydrogen (secondary N) is 1. The molecule has 0 aliphatic carbocycles. The van der Waals surface area contributed by atoms with Gasteiger partial charge >= 0.3 is 0 Å². The Morgan fingerprint density at radius 1 is 1.45 bits per heavy atom. The highest BCUT2D eigenvalue weighted by Gasteiger charge is 2.41. The van der Waals surface area contributed by atoms with Gasteiger partial charge in [-0.3, -0.25) is 9.59 Å². The molecule has 3 N–H and O–H groups in total. The van der Waals surface area contributed by atoms with Gasteiger partial charge in [-0.2, -0.15) is 5.26 Å². The lowest BCUT2D eigenvalue weighted by molar-refractivity contribution is -0.123. The molecule has 1 aliphatic rings. The second kappa shape index (κ2) is 6.96. The van der Waals surface area contributed by atoms with Gasteiger partial charge in [0.05, 0.1) is 16.7 Å². The Morgan fingerprint density at radius 3 is 2.68 bits per heavy atom. The maximum atomic E-state index is 12.2. The number of nitrogens with two attached hydrogens (primary N) is 1. The highest BCUT2D eigenvalue weighted by molar-refractivity contribution is 8.03. The number of carbonyl (C=O) groups is 2. The van der Waals surface area contributed by atoms with Crippen molar-refractivity contribution in [1.29, 1.82) is 5.26 Å². The van der Waals surface area contributed by atoms with Gasteiger partial charge < -0.3 is 11.1 Å². The van der Waals surface area contributed by atoms with E-state index in [1.807, 2.05) is 12.1 Å². The van der Waals surface area contributed by atoms with Crippen molar-refractivity contribution in [2.24, 2.45) is 11.7 Å². The average molecular weight is 313 g/mol. The van der Waals surface area contributed by atoms with Crippen molar-refractivity contribution in [2.45, 2.75) is 5.92 Å². The van der Waals surface area contributed by atoms with Crippen LogP contribution in [0.1, 0.15) is 11.5 Å². The fourth-order valence-corrected chi connectivity index (χ4v) is 3.23. The molecule has 1 aromatic carbocycles. The molecule has 2 atom stereocenters. The maximum absolute atomic E-state index is 12.2.